The van der Waals surface area contributed by atoms with Crippen molar-refractivity contribution in [3.63, 3.8) is 0 Å². The zero-order valence-corrected chi connectivity index (χ0v) is 15.3. The van der Waals surface area contributed by atoms with E-state index in [1.54, 1.807) is 34.4 Å². The Morgan fingerprint density at radius 3 is 2.61 bits per heavy atom. The molecule has 0 radical (unpaired) electrons. The van der Waals surface area contributed by atoms with Crippen LogP contribution in [-0.2, 0) is 24.3 Å². The van der Waals surface area contributed by atoms with E-state index in [9.17, 15) is 4.79 Å². The van der Waals surface area contributed by atoms with E-state index >= 15 is 0 Å². The van der Waals surface area contributed by atoms with Gasteiger partial charge < -0.3 is 9.32 Å². The Bertz CT molecular complexity index is 1010. The number of para-hydroxylation sites is 1. The van der Waals surface area contributed by atoms with Crippen molar-refractivity contribution in [2.24, 2.45) is 0 Å². The molecule has 0 aliphatic heterocycles. The van der Waals surface area contributed by atoms with Gasteiger partial charge in [-0.15, -0.1) is 0 Å². The van der Waals surface area contributed by atoms with Crippen molar-refractivity contribution in [2.75, 3.05) is 0 Å². The molecule has 140 valence electrons. The minimum atomic E-state index is 0.00728. The van der Waals surface area contributed by atoms with Crippen LogP contribution in [-0.4, -0.2) is 25.6 Å². The zero-order valence-electron chi connectivity index (χ0n) is 15.3. The fraction of sp³-hybridized carbons (Fsp3) is 0.136. The molecule has 0 aliphatic rings. The maximum atomic E-state index is 13.0. The van der Waals surface area contributed by atoms with Gasteiger partial charge in [0.2, 0.25) is 5.91 Å². The monoisotopic (exact) mass is 372 g/mol. The Morgan fingerprint density at radius 1 is 0.964 bits per heavy atom. The van der Waals surface area contributed by atoms with E-state index in [0.29, 0.717) is 13.1 Å². The quantitative estimate of drug-likeness (QED) is 0.497. The maximum absolute atomic E-state index is 13.0. The molecule has 0 spiro atoms. The first kappa shape index (κ1) is 17.7. The van der Waals surface area contributed by atoms with Gasteiger partial charge in [0.25, 0.3) is 0 Å². The number of hydrogen-bond acceptors (Lipinski definition) is 4. The summed E-state index contributed by atoms with van der Waals surface area (Å²) in [6.07, 6.45) is 9.01. The van der Waals surface area contributed by atoms with Gasteiger partial charge in [-0.05, 0) is 41.5 Å². The molecular weight excluding hydrogens is 352 g/mol. The molecule has 3 aromatic heterocycles. The van der Waals surface area contributed by atoms with E-state index in [-0.39, 0.29) is 12.3 Å². The Morgan fingerprint density at radius 2 is 1.86 bits per heavy atom. The highest BCUT2D eigenvalue weighted by atomic mass is 16.3. The van der Waals surface area contributed by atoms with Crippen molar-refractivity contribution < 1.29 is 9.21 Å². The first-order valence-electron chi connectivity index (χ1n) is 9.06. The summed E-state index contributed by atoms with van der Waals surface area (Å²) >= 11 is 0. The molecule has 0 aliphatic carbocycles. The first-order chi connectivity index (χ1) is 13.8. The van der Waals surface area contributed by atoms with Gasteiger partial charge in [-0.2, -0.15) is 5.10 Å². The highest BCUT2D eigenvalue weighted by molar-refractivity contribution is 5.78. The van der Waals surface area contributed by atoms with Crippen LogP contribution in [0.15, 0.2) is 90.1 Å². The lowest BCUT2D eigenvalue weighted by Crippen LogP contribution is -2.31. The summed E-state index contributed by atoms with van der Waals surface area (Å²) in [7, 11) is 0. The van der Waals surface area contributed by atoms with Gasteiger partial charge in [-0.3, -0.25) is 9.78 Å². The van der Waals surface area contributed by atoms with Crippen LogP contribution < -0.4 is 0 Å². The van der Waals surface area contributed by atoms with Crippen molar-refractivity contribution in [1.29, 1.82) is 0 Å². The highest BCUT2D eigenvalue weighted by Gasteiger charge is 2.17. The predicted octanol–water partition coefficient (Wildman–Crippen LogP) is 3.63. The van der Waals surface area contributed by atoms with E-state index in [1.165, 1.54) is 0 Å². The van der Waals surface area contributed by atoms with Gasteiger partial charge in [0.05, 0.1) is 31.1 Å². The predicted molar refractivity (Wildman–Crippen MR) is 104 cm³/mol. The largest absolute Gasteiger partial charge is 0.467 e. The van der Waals surface area contributed by atoms with Gasteiger partial charge in [0, 0.05) is 25.1 Å². The molecule has 4 aromatic rings. The van der Waals surface area contributed by atoms with Crippen LogP contribution in [0.3, 0.4) is 0 Å². The second-order valence-electron chi connectivity index (χ2n) is 6.50. The standard InChI is InChI=1S/C22H20N4O2/c27-22(12-19-14-24-26(16-19)20-7-2-1-3-8-20)25(17-21-9-5-11-28-21)15-18-6-4-10-23-13-18/h1-11,13-14,16H,12,15,17H2. The van der Waals surface area contributed by atoms with Crippen LogP contribution in [0.1, 0.15) is 16.9 Å². The molecule has 6 nitrogen and oxygen atoms in total. The molecule has 4 rings (SSSR count). The van der Waals surface area contributed by atoms with E-state index in [0.717, 1.165) is 22.6 Å². The van der Waals surface area contributed by atoms with E-state index in [2.05, 4.69) is 10.1 Å². The SMILES string of the molecule is O=C(Cc1cnn(-c2ccccc2)c1)N(Cc1cccnc1)Cc1ccco1. The summed E-state index contributed by atoms with van der Waals surface area (Å²) in [5.41, 5.74) is 2.80. The molecule has 3 heterocycles. The molecule has 0 unspecified atom stereocenters. The van der Waals surface area contributed by atoms with Gasteiger partial charge in [0.1, 0.15) is 5.76 Å². The normalized spacial score (nSPS) is 10.7. The molecule has 0 fully saturated rings. The molecule has 6 heteroatoms. The third-order valence-electron chi connectivity index (χ3n) is 4.39. The average Bonchev–Trinajstić information content (AvgIpc) is 3.41. The van der Waals surface area contributed by atoms with Crippen LogP contribution in [0.4, 0.5) is 0 Å². The van der Waals surface area contributed by atoms with Crippen LogP contribution >= 0.6 is 0 Å². The number of nitrogens with zero attached hydrogens (tertiary/aromatic N) is 4. The van der Waals surface area contributed by atoms with Gasteiger partial charge >= 0.3 is 0 Å². The summed E-state index contributed by atoms with van der Waals surface area (Å²) in [5.74, 6) is 0.755. The van der Waals surface area contributed by atoms with E-state index < -0.39 is 0 Å². The van der Waals surface area contributed by atoms with Crippen LogP contribution in [0, 0.1) is 0 Å². The lowest BCUT2D eigenvalue weighted by molar-refractivity contribution is -0.132. The van der Waals surface area contributed by atoms with Gasteiger partial charge in [-0.25, -0.2) is 4.68 Å². The number of carbonyl (C=O) groups is 1. The smallest absolute Gasteiger partial charge is 0.227 e. The summed E-state index contributed by atoms with van der Waals surface area (Å²) in [5, 5.41) is 4.38. The molecule has 0 atom stereocenters. The molecule has 1 aromatic carbocycles. The second-order valence-corrected chi connectivity index (χ2v) is 6.50. The van der Waals surface area contributed by atoms with Crippen molar-refractivity contribution in [3.8, 4) is 5.69 Å². The number of aromatic nitrogens is 3. The highest BCUT2D eigenvalue weighted by Crippen LogP contribution is 2.14. The molecule has 0 bridgehead atoms. The van der Waals surface area contributed by atoms with Gasteiger partial charge in [0.15, 0.2) is 0 Å². The molecule has 0 saturated heterocycles. The van der Waals surface area contributed by atoms with Crippen LogP contribution in [0.2, 0.25) is 0 Å². The summed E-state index contributed by atoms with van der Waals surface area (Å²) < 4.78 is 7.22. The Kier molecular flexibility index (Phi) is 5.29. The number of benzene rings is 1. The maximum Gasteiger partial charge on any atom is 0.227 e. The average molecular weight is 372 g/mol. The zero-order chi connectivity index (χ0) is 19.2. The number of furan rings is 1. The molecule has 0 saturated carbocycles. The molecule has 28 heavy (non-hydrogen) atoms. The Hall–Kier alpha value is -3.67. The lowest BCUT2D eigenvalue weighted by Gasteiger charge is -2.21. The number of amides is 1. The molecule has 1 amide bonds. The third kappa shape index (κ3) is 4.35. The summed E-state index contributed by atoms with van der Waals surface area (Å²) in [6, 6.07) is 17.4. The fourth-order valence-electron chi connectivity index (χ4n) is 2.99. The molecule has 0 N–H and O–H groups in total. The number of pyridine rings is 1. The summed E-state index contributed by atoms with van der Waals surface area (Å²) in [4.78, 5) is 18.9. The number of hydrogen-bond donors (Lipinski definition) is 0. The van der Waals surface area contributed by atoms with E-state index in [4.69, 9.17) is 4.42 Å². The van der Waals surface area contributed by atoms with Crippen LogP contribution in [0.5, 0.6) is 0 Å². The van der Waals surface area contributed by atoms with Crippen molar-refractivity contribution in [3.05, 3.63) is 103 Å². The van der Waals surface area contributed by atoms with Crippen molar-refractivity contribution in [1.82, 2.24) is 19.7 Å². The minimum Gasteiger partial charge on any atom is -0.467 e. The Labute approximate surface area is 163 Å². The minimum absolute atomic E-state index is 0.00728. The van der Waals surface area contributed by atoms with Gasteiger partial charge in [-0.1, -0.05) is 24.3 Å². The topological polar surface area (TPSA) is 64.2 Å². The fourth-order valence-corrected chi connectivity index (χ4v) is 2.99. The Balaban J connectivity index is 1.49. The number of carbonyl (C=O) groups excluding carboxylic acids is 1. The number of rotatable bonds is 7. The van der Waals surface area contributed by atoms with E-state index in [1.807, 2.05) is 60.8 Å². The summed E-state index contributed by atoms with van der Waals surface area (Å²) in [6.45, 7) is 0.883. The van der Waals surface area contributed by atoms with Crippen molar-refractivity contribution in [2.45, 2.75) is 19.5 Å². The molecular formula is C22H20N4O2. The lowest BCUT2D eigenvalue weighted by atomic mass is 10.2. The third-order valence-corrected chi connectivity index (χ3v) is 4.39. The van der Waals surface area contributed by atoms with Crippen LogP contribution in [0.25, 0.3) is 5.69 Å². The van der Waals surface area contributed by atoms with Crippen molar-refractivity contribution >= 4 is 5.91 Å². The first-order valence-corrected chi connectivity index (χ1v) is 9.06. The second kappa shape index (κ2) is 8.35.